The highest BCUT2D eigenvalue weighted by atomic mass is 32.1. The highest BCUT2D eigenvalue weighted by Gasteiger charge is 2.32. The zero-order valence-electron chi connectivity index (χ0n) is 17.2. The lowest BCUT2D eigenvalue weighted by molar-refractivity contribution is -0.113. The number of fused-ring (bicyclic) bond motifs is 1. The molecule has 1 unspecified atom stereocenters. The summed E-state index contributed by atoms with van der Waals surface area (Å²) in [5, 5.41) is 2.95. The van der Waals surface area contributed by atoms with Crippen LogP contribution in [0.4, 0.5) is 5.69 Å². The molecule has 1 N–H and O–H groups in total. The van der Waals surface area contributed by atoms with Crippen LogP contribution in [0.3, 0.4) is 0 Å². The quantitative estimate of drug-likeness (QED) is 0.527. The lowest BCUT2D eigenvalue weighted by atomic mass is 9.95. The van der Waals surface area contributed by atoms with Crippen LogP contribution in [0.5, 0.6) is 0 Å². The fourth-order valence-electron chi connectivity index (χ4n) is 3.79. The fraction of sp³-hybridized carbons (Fsp3) is 0.0800. The number of allylic oxidation sites excluding steroid dienone is 1. The molecule has 5 rings (SSSR count). The lowest BCUT2D eigenvalue weighted by Crippen LogP contribution is -2.40. The third kappa shape index (κ3) is 3.63. The molecule has 2 aromatic carbocycles. The maximum absolute atomic E-state index is 13.5. The van der Waals surface area contributed by atoms with Gasteiger partial charge in [-0.25, -0.2) is 4.99 Å². The van der Waals surface area contributed by atoms with Crippen molar-refractivity contribution in [3.8, 4) is 0 Å². The topological polar surface area (TPSA) is 76.6 Å². The first-order valence-corrected chi connectivity index (χ1v) is 10.9. The molecule has 4 aromatic rings. The predicted octanol–water partition coefficient (Wildman–Crippen LogP) is 3.47. The van der Waals surface area contributed by atoms with Gasteiger partial charge in [0.25, 0.3) is 11.5 Å². The second kappa shape index (κ2) is 8.28. The molecule has 3 heterocycles. The minimum Gasteiger partial charge on any atom is -0.472 e. The number of para-hydroxylation sites is 1. The van der Waals surface area contributed by atoms with Crippen LogP contribution in [0.1, 0.15) is 24.1 Å². The van der Waals surface area contributed by atoms with E-state index >= 15 is 0 Å². The van der Waals surface area contributed by atoms with Crippen LogP contribution in [-0.4, -0.2) is 10.5 Å². The number of aromatic nitrogens is 1. The maximum atomic E-state index is 13.5. The summed E-state index contributed by atoms with van der Waals surface area (Å²) in [6, 6.07) is 20.0. The molecule has 32 heavy (non-hydrogen) atoms. The van der Waals surface area contributed by atoms with Gasteiger partial charge >= 0.3 is 0 Å². The largest absolute Gasteiger partial charge is 0.472 e. The van der Waals surface area contributed by atoms with Crippen molar-refractivity contribution in [2.45, 2.75) is 13.0 Å². The zero-order valence-corrected chi connectivity index (χ0v) is 18.0. The zero-order chi connectivity index (χ0) is 22.1. The summed E-state index contributed by atoms with van der Waals surface area (Å²) in [7, 11) is 0. The monoisotopic (exact) mass is 441 g/mol. The summed E-state index contributed by atoms with van der Waals surface area (Å²) in [5.41, 5.74) is 3.16. The standard InChI is InChI=1S/C25H19N3O3S/c1-16-21(23(29)27-19-10-6-3-7-11-19)22(18-8-4-2-5-9-18)28-24(30)20(32-25(28)26-16)14-17-12-13-31-15-17/h2-15,22H,1H3,(H,27,29). The van der Waals surface area contributed by atoms with Crippen molar-refractivity contribution in [2.24, 2.45) is 4.99 Å². The normalized spacial score (nSPS) is 15.9. The number of furan rings is 1. The van der Waals surface area contributed by atoms with E-state index in [0.717, 1.165) is 11.1 Å². The molecule has 0 radical (unpaired) electrons. The van der Waals surface area contributed by atoms with Crippen LogP contribution in [-0.2, 0) is 4.79 Å². The molecule has 1 amide bonds. The molecule has 1 atom stereocenters. The van der Waals surface area contributed by atoms with Crippen molar-refractivity contribution < 1.29 is 9.21 Å². The highest BCUT2D eigenvalue weighted by molar-refractivity contribution is 7.07. The Hall–Kier alpha value is -3.97. The van der Waals surface area contributed by atoms with Gasteiger partial charge < -0.3 is 9.73 Å². The summed E-state index contributed by atoms with van der Waals surface area (Å²) in [4.78, 5) is 32.0. The Bertz CT molecular complexity index is 1480. The van der Waals surface area contributed by atoms with E-state index in [-0.39, 0.29) is 11.5 Å². The summed E-state index contributed by atoms with van der Waals surface area (Å²) >= 11 is 1.30. The molecule has 0 aliphatic carbocycles. The van der Waals surface area contributed by atoms with Crippen LogP contribution in [0, 0.1) is 0 Å². The SMILES string of the molecule is CC1=C(C(=O)Nc2ccccc2)C(c2ccccc2)n2c(sc(=Cc3ccoc3)c2=O)=N1. The van der Waals surface area contributed by atoms with Crippen LogP contribution in [0.15, 0.2) is 105 Å². The van der Waals surface area contributed by atoms with Gasteiger partial charge in [-0.3, -0.25) is 14.2 Å². The number of rotatable bonds is 4. The molecule has 0 bridgehead atoms. The van der Waals surface area contributed by atoms with Gasteiger partial charge in [0, 0.05) is 11.3 Å². The Balaban J connectivity index is 1.68. The lowest BCUT2D eigenvalue weighted by Gasteiger charge is -2.25. The number of hydrogen-bond acceptors (Lipinski definition) is 5. The number of carbonyl (C=O) groups is 1. The van der Waals surface area contributed by atoms with Gasteiger partial charge in [-0.15, -0.1) is 0 Å². The van der Waals surface area contributed by atoms with Gasteiger partial charge in [0.1, 0.15) is 0 Å². The first kappa shape index (κ1) is 20.0. The van der Waals surface area contributed by atoms with Gasteiger partial charge in [-0.1, -0.05) is 59.9 Å². The van der Waals surface area contributed by atoms with Gasteiger partial charge in [0.15, 0.2) is 4.80 Å². The van der Waals surface area contributed by atoms with E-state index in [1.807, 2.05) is 67.6 Å². The summed E-state index contributed by atoms with van der Waals surface area (Å²) in [6.45, 7) is 1.81. The third-order valence-corrected chi connectivity index (χ3v) is 6.24. The minimum atomic E-state index is -0.581. The maximum Gasteiger partial charge on any atom is 0.271 e. The van der Waals surface area contributed by atoms with Gasteiger partial charge in [-0.05, 0) is 36.8 Å². The van der Waals surface area contributed by atoms with Crippen molar-refractivity contribution in [3.63, 3.8) is 0 Å². The Kier molecular flexibility index (Phi) is 5.17. The number of amides is 1. The highest BCUT2D eigenvalue weighted by Crippen LogP contribution is 2.30. The van der Waals surface area contributed by atoms with Crippen molar-refractivity contribution in [1.29, 1.82) is 0 Å². The summed E-state index contributed by atoms with van der Waals surface area (Å²) in [6.07, 6.45) is 4.92. The van der Waals surface area contributed by atoms with E-state index in [1.165, 1.54) is 11.3 Å². The Morgan fingerprint density at radius 2 is 1.81 bits per heavy atom. The Morgan fingerprint density at radius 3 is 2.50 bits per heavy atom. The van der Waals surface area contributed by atoms with Gasteiger partial charge in [-0.2, -0.15) is 0 Å². The fourth-order valence-corrected chi connectivity index (χ4v) is 4.84. The summed E-state index contributed by atoms with van der Waals surface area (Å²) in [5.74, 6) is -0.282. The van der Waals surface area contributed by atoms with Crippen molar-refractivity contribution >= 4 is 29.0 Å². The number of anilines is 1. The number of benzene rings is 2. The number of carbonyl (C=O) groups excluding carboxylic acids is 1. The molecule has 0 spiro atoms. The molecule has 1 aliphatic rings. The molecular formula is C25H19N3O3S. The molecule has 1 aliphatic heterocycles. The molecule has 0 saturated carbocycles. The minimum absolute atomic E-state index is 0.193. The van der Waals surface area contributed by atoms with Crippen molar-refractivity contribution in [2.75, 3.05) is 5.32 Å². The van der Waals surface area contributed by atoms with E-state index in [9.17, 15) is 9.59 Å². The molecule has 2 aromatic heterocycles. The average molecular weight is 442 g/mol. The number of hydrogen-bond donors (Lipinski definition) is 1. The predicted molar refractivity (Wildman–Crippen MR) is 124 cm³/mol. The molecular weight excluding hydrogens is 422 g/mol. The average Bonchev–Trinajstić information content (AvgIpc) is 3.42. The third-order valence-electron chi connectivity index (χ3n) is 5.25. The Labute approximate surface area is 187 Å². The van der Waals surface area contributed by atoms with E-state index in [2.05, 4.69) is 10.3 Å². The second-order valence-electron chi connectivity index (χ2n) is 7.37. The van der Waals surface area contributed by atoms with E-state index in [0.29, 0.717) is 26.3 Å². The molecule has 0 fully saturated rings. The van der Waals surface area contributed by atoms with E-state index < -0.39 is 6.04 Å². The van der Waals surface area contributed by atoms with Crippen molar-refractivity contribution in [1.82, 2.24) is 4.57 Å². The Morgan fingerprint density at radius 1 is 1.09 bits per heavy atom. The van der Waals surface area contributed by atoms with Crippen LogP contribution < -0.4 is 20.2 Å². The molecule has 0 saturated heterocycles. The molecule has 6 nitrogen and oxygen atoms in total. The number of nitrogens with one attached hydrogen (secondary N) is 1. The molecule has 158 valence electrons. The van der Waals surface area contributed by atoms with E-state index in [4.69, 9.17) is 4.42 Å². The molecule has 7 heteroatoms. The first-order chi connectivity index (χ1) is 15.6. The number of thiazole rings is 1. The van der Waals surface area contributed by atoms with Gasteiger partial charge in [0.2, 0.25) is 0 Å². The van der Waals surface area contributed by atoms with Gasteiger partial charge in [0.05, 0.1) is 34.4 Å². The first-order valence-electron chi connectivity index (χ1n) is 10.1. The number of nitrogens with zero attached hydrogens (tertiary/aromatic N) is 2. The second-order valence-corrected chi connectivity index (χ2v) is 8.38. The van der Waals surface area contributed by atoms with Crippen molar-refractivity contribution in [3.05, 3.63) is 121 Å². The smallest absolute Gasteiger partial charge is 0.271 e. The summed E-state index contributed by atoms with van der Waals surface area (Å²) < 4.78 is 7.26. The van der Waals surface area contributed by atoms with Crippen LogP contribution in [0.2, 0.25) is 0 Å². The van der Waals surface area contributed by atoms with E-state index in [1.54, 1.807) is 29.2 Å². The van der Waals surface area contributed by atoms with Crippen LogP contribution >= 0.6 is 11.3 Å². The van der Waals surface area contributed by atoms with Crippen LogP contribution in [0.25, 0.3) is 6.08 Å².